The number of hydrogen-bond donors (Lipinski definition) is 0. The number of carbonyl (C=O) groups is 1. The molecule has 7 nitrogen and oxygen atoms in total. The first-order chi connectivity index (χ1) is 12.3. The Bertz CT molecular complexity index is 878. The number of rotatable bonds is 5. The van der Waals surface area contributed by atoms with Crippen molar-refractivity contribution in [1.29, 1.82) is 0 Å². The summed E-state index contributed by atoms with van der Waals surface area (Å²) in [6.07, 6.45) is 6.16. The third-order valence-electron chi connectivity index (χ3n) is 4.07. The highest BCUT2D eigenvalue weighted by Gasteiger charge is 2.24. The molecule has 1 aliphatic rings. The number of carbonyl (C=O) groups excluding carboxylic acids is 1. The van der Waals surface area contributed by atoms with Gasteiger partial charge in [0.25, 0.3) is 5.91 Å². The third kappa shape index (κ3) is 3.21. The summed E-state index contributed by atoms with van der Waals surface area (Å²) in [5.74, 6) is 0.732. The predicted octanol–water partition coefficient (Wildman–Crippen LogP) is 2.16. The van der Waals surface area contributed by atoms with Crippen molar-refractivity contribution >= 4 is 11.6 Å². The normalized spacial score (nSPS) is 13.4. The molecule has 0 saturated heterocycles. The van der Waals surface area contributed by atoms with E-state index in [1.165, 1.54) is 0 Å². The molecule has 2 aromatic heterocycles. The zero-order valence-electron chi connectivity index (χ0n) is 13.6. The van der Waals surface area contributed by atoms with Crippen LogP contribution in [0.15, 0.2) is 55.0 Å². The van der Waals surface area contributed by atoms with E-state index in [2.05, 4.69) is 15.3 Å². The Labute approximate surface area is 144 Å². The lowest BCUT2D eigenvalue weighted by atomic mass is 10.2. The van der Waals surface area contributed by atoms with Crippen LogP contribution < -0.4 is 9.64 Å². The van der Waals surface area contributed by atoms with Gasteiger partial charge in [-0.05, 0) is 30.7 Å². The lowest BCUT2D eigenvalue weighted by Gasteiger charge is -2.29. The van der Waals surface area contributed by atoms with Crippen molar-refractivity contribution in [2.75, 3.05) is 18.1 Å². The van der Waals surface area contributed by atoms with Crippen LogP contribution in [0, 0.1) is 0 Å². The number of benzene rings is 1. The SMILES string of the molecule is O=C1COc2ccccc2N1CCCn1cc(-c2cccnc2)nn1. The van der Waals surface area contributed by atoms with Gasteiger partial charge < -0.3 is 9.64 Å². The summed E-state index contributed by atoms with van der Waals surface area (Å²) in [6, 6.07) is 11.4. The predicted molar refractivity (Wildman–Crippen MR) is 92.2 cm³/mol. The Morgan fingerprint density at radius 2 is 2.04 bits per heavy atom. The monoisotopic (exact) mass is 335 g/mol. The van der Waals surface area contributed by atoms with Gasteiger partial charge in [0.15, 0.2) is 6.61 Å². The molecule has 0 radical (unpaired) electrons. The van der Waals surface area contributed by atoms with Crippen molar-refractivity contribution in [1.82, 2.24) is 20.0 Å². The molecule has 1 amide bonds. The van der Waals surface area contributed by atoms with Gasteiger partial charge in [-0.25, -0.2) is 0 Å². The molecule has 0 saturated carbocycles. The maximum absolute atomic E-state index is 12.1. The molecule has 3 aromatic rings. The van der Waals surface area contributed by atoms with Gasteiger partial charge in [0, 0.05) is 31.0 Å². The van der Waals surface area contributed by atoms with Crippen molar-refractivity contribution in [3.63, 3.8) is 0 Å². The number of pyridine rings is 1. The largest absolute Gasteiger partial charge is 0.482 e. The number of para-hydroxylation sites is 2. The summed E-state index contributed by atoms with van der Waals surface area (Å²) >= 11 is 0. The Balaban J connectivity index is 1.40. The summed E-state index contributed by atoms with van der Waals surface area (Å²) in [7, 11) is 0. The quantitative estimate of drug-likeness (QED) is 0.714. The van der Waals surface area contributed by atoms with E-state index >= 15 is 0 Å². The summed E-state index contributed by atoms with van der Waals surface area (Å²) in [6.45, 7) is 1.38. The van der Waals surface area contributed by atoms with Gasteiger partial charge in [0.1, 0.15) is 11.4 Å². The van der Waals surface area contributed by atoms with Crippen molar-refractivity contribution in [3.8, 4) is 17.0 Å². The van der Waals surface area contributed by atoms with Gasteiger partial charge in [-0.3, -0.25) is 14.5 Å². The number of nitrogens with zero attached hydrogens (tertiary/aromatic N) is 5. The van der Waals surface area contributed by atoms with Gasteiger partial charge in [0.2, 0.25) is 0 Å². The number of fused-ring (bicyclic) bond motifs is 1. The van der Waals surface area contributed by atoms with Crippen LogP contribution in [0.1, 0.15) is 6.42 Å². The standard InChI is InChI=1S/C18H17N5O2/c24-18-13-25-17-7-2-1-6-16(17)23(18)10-4-9-22-12-15(20-21-22)14-5-3-8-19-11-14/h1-3,5-8,11-12H,4,9-10,13H2. The lowest BCUT2D eigenvalue weighted by Crippen LogP contribution is -2.39. The first kappa shape index (κ1) is 15.3. The Hall–Kier alpha value is -3.22. The van der Waals surface area contributed by atoms with Crippen molar-refractivity contribution in [2.45, 2.75) is 13.0 Å². The minimum absolute atomic E-state index is 0.0201. The molecule has 0 fully saturated rings. The number of anilines is 1. The van der Waals surface area contributed by atoms with E-state index in [0.717, 1.165) is 29.1 Å². The zero-order chi connectivity index (χ0) is 17.1. The molecular formula is C18H17N5O2. The number of hydrogen-bond acceptors (Lipinski definition) is 5. The topological polar surface area (TPSA) is 73.1 Å². The minimum Gasteiger partial charge on any atom is -0.482 e. The molecule has 1 aliphatic heterocycles. The average Bonchev–Trinajstić information content (AvgIpc) is 3.13. The maximum Gasteiger partial charge on any atom is 0.265 e. The highest BCUT2D eigenvalue weighted by Crippen LogP contribution is 2.31. The Kier molecular flexibility index (Phi) is 4.12. The van der Waals surface area contributed by atoms with E-state index in [9.17, 15) is 4.79 Å². The van der Waals surface area contributed by atoms with Crippen LogP contribution >= 0.6 is 0 Å². The lowest BCUT2D eigenvalue weighted by molar-refractivity contribution is -0.121. The van der Waals surface area contributed by atoms with Gasteiger partial charge in [-0.15, -0.1) is 5.10 Å². The molecule has 25 heavy (non-hydrogen) atoms. The molecule has 0 unspecified atom stereocenters. The number of amides is 1. The first-order valence-electron chi connectivity index (χ1n) is 8.14. The molecule has 0 atom stereocenters. The average molecular weight is 335 g/mol. The molecule has 126 valence electrons. The second kappa shape index (κ2) is 6.72. The fraction of sp³-hybridized carbons (Fsp3) is 0.222. The fourth-order valence-corrected chi connectivity index (χ4v) is 2.84. The van der Waals surface area contributed by atoms with Crippen LogP contribution in [0.25, 0.3) is 11.3 Å². The number of aryl methyl sites for hydroxylation is 1. The molecule has 3 heterocycles. The van der Waals surface area contributed by atoms with E-state index in [0.29, 0.717) is 13.1 Å². The molecular weight excluding hydrogens is 318 g/mol. The highest BCUT2D eigenvalue weighted by atomic mass is 16.5. The van der Waals surface area contributed by atoms with Crippen molar-refractivity contribution in [2.24, 2.45) is 0 Å². The van der Waals surface area contributed by atoms with Gasteiger partial charge in [0.05, 0.1) is 11.9 Å². The van der Waals surface area contributed by atoms with Crippen LogP contribution in [0.2, 0.25) is 0 Å². The molecule has 0 aliphatic carbocycles. The highest BCUT2D eigenvalue weighted by molar-refractivity contribution is 5.97. The fourth-order valence-electron chi connectivity index (χ4n) is 2.84. The van der Waals surface area contributed by atoms with Crippen LogP contribution in [0.4, 0.5) is 5.69 Å². The van der Waals surface area contributed by atoms with E-state index in [-0.39, 0.29) is 12.5 Å². The summed E-state index contributed by atoms with van der Waals surface area (Å²) in [5.41, 5.74) is 2.56. The van der Waals surface area contributed by atoms with Gasteiger partial charge >= 0.3 is 0 Å². The second-order valence-corrected chi connectivity index (χ2v) is 5.76. The van der Waals surface area contributed by atoms with Gasteiger partial charge in [-0.1, -0.05) is 17.3 Å². The molecule has 4 rings (SSSR count). The number of aromatic nitrogens is 4. The molecule has 0 bridgehead atoms. The zero-order valence-corrected chi connectivity index (χ0v) is 13.6. The minimum atomic E-state index is -0.0201. The first-order valence-corrected chi connectivity index (χ1v) is 8.14. The van der Waals surface area contributed by atoms with E-state index in [4.69, 9.17) is 4.74 Å². The van der Waals surface area contributed by atoms with Crippen LogP contribution in [0.3, 0.4) is 0 Å². The third-order valence-corrected chi connectivity index (χ3v) is 4.07. The van der Waals surface area contributed by atoms with E-state index in [1.807, 2.05) is 42.6 Å². The van der Waals surface area contributed by atoms with Gasteiger partial charge in [-0.2, -0.15) is 0 Å². The van der Waals surface area contributed by atoms with Crippen LogP contribution in [-0.2, 0) is 11.3 Å². The van der Waals surface area contributed by atoms with E-state index in [1.54, 1.807) is 22.0 Å². The van der Waals surface area contributed by atoms with Crippen molar-refractivity contribution < 1.29 is 9.53 Å². The maximum atomic E-state index is 12.1. The smallest absolute Gasteiger partial charge is 0.265 e. The van der Waals surface area contributed by atoms with Crippen molar-refractivity contribution in [3.05, 3.63) is 55.0 Å². The van der Waals surface area contributed by atoms with E-state index < -0.39 is 0 Å². The molecule has 0 N–H and O–H groups in total. The Morgan fingerprint density at radius 3 is 2.92 bits per heavy atom. The molecule has 7 heteroatoms. The van der Waals surface area contributed by atoms with Crippen LogP contribution in [0.5, 0.6) is 5.75 Å². The van der Waals surface area contributed by atoms with Crippen LogP contribution in [-0.4, -0.2) is 39.0 Å². The Morgan fingerprint density at radius 1 is 1.12 bits per heavy atom. The summed E-state index contributed by atoms with van der Waals surface area (Å²) in [5, 5.41) is 8.32. The molecule has 1 aromatic carbocycles. The summed E-state index contributed by atoms with van der Waals surface area (Å²) in [4.78, 5) is 18.0. The molecule has 0 spiro atoms. The summed E-state index contributed by atoms with van der Waals surface area (Å²) < 4.78 is 7.25. The second-order valence-electron chi connectivity index (χ2n) is 5.76. The number of ether oxygens (including phenoxy) is 1.